The van der Waals surface area contributed by atoms with E-state index in [2.05, 4.69) is 17.2 Å². The van der Waals surface area contributed by atoms with Crippen LogP contribution in [-0.4, -0.2) is 12.6 Å². The number of carbonyl (C=O) groups is 1. The molecule has 1 aromatic carbocycles. The Balaban J connectivity index is 2.51. The summed E-state index contributed by atoms with van der Waals surface area (Å²) in [6.07, 6.45) is 1.56. The number of halogens is 1. The first kappa shape index (κ1) is 10.2. The highest BCUT2D eigenvalue weighted by atomic mass is 19.1. The second-order valence-corrected chi connectivity index (χ2v) is 2.63. The number of anilines is 1. The van der Waals surface area contributed by atoms with E-state index in [9.17, 15) is 9.18 Å². The predicted molar refractivity (Wildman–Crippen MR) is 53.6 cm³/mol. The SMILES string of the molecule is C=CCNC(=O)Nc1cccc(F)c1. The molecule has 2 amide bonds. The van der Waals surface area contributed by atoms with Gasteiger partial charge in [-0.25, -0.2) is 9.18 Å². The van der Waals surface area contributed by atoms with Crippen molar-refractivity contribution in [1.82, 2.24) is 5.32 Å². The summed E-state index contributed by atoms with van der Waals surface area (Å²) in [4.78, 5) is 11.1. The van der Waals surface area contributed by atoms with Gasteiger partial charge < -0.3 is 10.6 Å². The van der Waals surface area contributed by atoms with Crippen LogP contribution in [0.5, 0.6) is 0 Å². The molecule has 0 fully saturated rings. The molecule has 0 aliphatic rings. The molecular formula is C10H11FN2O. The third-order valence-corrected chi connectivity index (χ3v) is 1.49. The molecule has 1 aromatic rings. The van der Waals surface area contributed by atoms with Gasteiger partial charge in [-0.2, -0.15) is 0 Å². The van der Waals surface area contributed by atoms with E-state index in [-0.39, 0.29) is 11.8 Å². The van der Waals surface area contributed by atoms with Crippen LogP contribution in [0.4, 0.5) is 14.9 Å². The molecule has 0 heterocycles. The fourth-order valence-electron chi connectivity index (χ4n) is 0.906. The van der Waals surface area contributed by atoms with Gasteiger partial charge in [0.2, 0.25) is 0 Å². The first-order valence-corrected chi connectivity index (χ1v) is 4.13. The highest BCUT2D eigenvalue weighted by Crippen LogP contribution is 2.08. The van der Waals surface area contributed by atoms with Crippen LogP contribution in [0.2, 0.25) is 0 Å². The van der Waals surface area contributed by atoms with Crippen LogP contribution in [-0.2, 0) is 0 Å². The average molecular weight is 194 g/mol. The van der Waals surface area contributed by atoms with Crippen molar-refractivity contribution in [1.29, 1.82) is 0 Å². The quantitative estimate of drug-likeness (QED) is 0.711. The van der Waals surface area contributed by atoms with Crippen LogP contribution >= 0.6 is 0 Å². The standard InChI is InChI=1S/C10H11FN2O/c1-2-6-12-10(14)13-9-5-3-4-8(11)7-9/h2-5,7H,1,6H2,(H2,12,13,14). The van der Waals surface area contributed by atoms with Crippen molar-refractivity contribution in [3.8, 4) is 0 Å². The lowest BCUT2D eigenvalue weighted by molar-refractivity contribution is 0.253. The second kappa shape index (κ2) is 5.01. The number of urea groups is 1. The Kier molecular flexibility index (Phi) is 3.67. The summed E-state index contributed by atoms with van der Waals surface area (Å²) in [7, 11) is 0. The van der Waals surface area contributed by atoms with Gasteiger partial charge in [-0.3, -0.25) is 0 Å². The van der Waals surface area contributed by atoms with Crippen LogP contribution in [0.3, 0.4) is 0 Å². The molecule has 2 N–H and O–H groups in total. The molecule has 0 radical (unpaired) electrons. The topological polar surface area (TPSA) is 41.1 Å². The van der Waals surface area contributed by atoms with Gasteiger partial charge in [-0.15, -0.1) is 6.58 Å². The highest BCUT2D eigenvalue weighted by molar-refractivity contribution is 5.89. The van der Waals surface area contributed by atoms with Crippen LogP contribution in [0, 0.1) is 5.82 Å². The minimum Gasteiger partial charge on any atom is -0.334 e. The Labute approximate surface area is 81.6 Å². The molecule has 1 rings (SSSR count). The highest BCUT2D eigenvalue weighted by Gasteiger charge is 1.99. The molecular weight excluding hydrogens is 183 g/mol. The summed E-state index contributed by atoms with van der Waals surface area (Å²) < 4.78 is 12.7. The van der Waals surface area contributed by atoms with Gasteiger partial charge in [0.05, 0.1) is 0 Å². The van der Waals surface area contributed by atoms with Crippen LogP contribution in [0.25, 0.3) is 0 Å². The first-order valence-electron chi connectivity index (χ1n) is 4.13. The number of hydrogen-bond acceptors (Lipinski definition) is 1. The van der Waals surface area contributed by atoms with E-state index in [0.29, 0.717) is 12.2 Å². The van der Waals surface area contributed by atoms with Gasteiger partial charge >= 0.3 is 6.03 Å². The van der Waals surface area contributed by atoms with Gasteiger partial charge in [0, 0.05) is 12.2 Å². The molecule has 0 aromatic heterocycles. The number of carbonyl (C=O) groups excluding carboxylic acids is 1. The molecule has 0 aliphatic carbocycles. The van der Waals surface area contributed by atoms with Gasteiger partial charge in [-0.1, -0.05) is 12.1 Å². The lowest BCUT2D eigenvalue weighted by Crippen LogP contribution is -2.28. The molecule has 0 aliphatic heterocycles. The van der Waals surface area contributed by atoms with E-state index < -0.39 is 0 Å². The molecule has 4 heteroatoms. The van der Waals surface area contributed by atoms with E-state index in [1.165, 1.54) is 18.2 Å². The van der Waals surface area contributed by atoms with Gasteiger partial charge in [0.25, 0.3) is 0 Å². The summed E-state index contributed by atoms with van der Waals surface area (Å²) in [5.41, 5.74) is 0.423. The van der Waals surface area contributed by atoms with Crippen molar-refractivity contribution in [3.63, 3.8) is 0 Å². The van der Waals surface area contributed by atoms with Crippen LogP contribution < -0.4 is 10.6 Å². The van der Waals surface area contributed by atoms with Crippen molar-refractivity contribution in [3.05, 3.63) is 42.7 Å². The van der Waals surface area contributed by atoms with E-state index in [1.807, 2.05) is 0 Å². The molecule has 0 bridgehead atoms. The molecule has 3 nitrogen and oxygen atoms in total. The number of hydrogen-bond donors (Lipinski definition) is 2. The number of rotatable bonds is 3. The van der Waals surface area contributed by atoms with Gasteiger partial charge in [-0.05, 0) is 18.2 Å². The molecule has 14 heavy (non-hydrogen) atoms. The van der Waals surface area contributed by atoms with Crippen molar-refractivity contribution >= 4 is 11.7 Å². The Hall–Kier alpha value is -1.84. The summed E-state index contributed by atoms with van der Waals surface area (Å²) in [5.74, 6) is -0.383. The van der Waals surface area contributed by atoms with E-state index >= 15 is 0 Å². The zero-order chi connectivity index (χ0) is 10.4. The predicted octanol–water partition coefficient (Wildman–Crippen LogP) is 2.13. The first-order chi connectivity index (χ1) is 6.72. The largest absolute Gasteiger partial charge is 0.334 e. The molecule has 0 spiro atoms. The third kappa shape index (κ3) is 3.26. The molecule has 0 unspecified atom stereocenters. The number of benzene rings is 1. The minimum atomic E-state index is -0.383. The minimum absolute atomic E-state index is 0.376. The monoisotopic (exact) mass is 194 g/mol. The third-order valence-electron chi connectivity index (χ3n) is 1.49. The maximum Gasteiger partial charge on any atom is 0.319 e. The molecule has 74 valence electrons. The van der Waals surface area contributed by atoms with Gasteiger partial charge in [0.1, 0.15) is 5.82 Å². The lowest BCUT2D eigenvalue weighted by atomic mass is 10.3. The van der Waals surface area contributed by atoms with Gasteiger partial charge in [0.15, 0.2) is 0 Å². The Morgan fingerprint density at radius 1 is 1.57 bits per heavy atom. The summed E-state index contributed by atoms with van der Waals surface area (Å²) in [6, 6.07) is 5.31. The fourth-order valence-corrected chi connectivity index (χ4v) is 0.906. The second-order valence-electron chi connectivity index (χ2n) is 2.63. The fraction of sp³-hybridized carbons (Fsp3) is 0.100. The maximum atomic E-state index is 12.7. The zero-order valence-electron chi connectivity index (χ0n) is 7.59. The van der Waals surface area contributed by atoms with E-state index in [1.54, 1.807) is 12.1 Å². The zero-order valence-corrected chi connectivity index (χ0v) is 7.59. The van der Waals surface area contributed by atoms with Crippen molar-refractivity contribution in [2.45, 2.75) is 0 Å². The van der Waals surface area contributed by atoms with Crippen LogP contribution in [0.1, 0.15) is 0 Å². The summed E-state index contributed by atoms with van der Waals surface area (Å²) in [5, 5.41) is 4.99. The Bertz CT molecular complexity index is 339. The van der Waals surface area contributed by atoms with Crippen molar-refractivity contribution in [2.24, 2.45) is 0 Å². The molecule has 0 atom stereocenters. The Morgan fingerprint density at radius 2 is 2.36 bits per heavy atom. The summed E-state index contributed by atoms with van der Waals surface area (Å²) >= 11 is 0. The molecule has 0 saturated carbocycles. The lowest BCUT2D eigenvalue weighted by Gasteiger charge is -2.05. The number of amides is 2. The summed E-state index contributed by atoms with van der Waals surface area (Å²) in [6.45, 7) is 3.83. The van der Waals surface area contributed by atoms with E-state index in [4.69, 9.17) is 0 Å². The smallest absolute Gasteiger partial charge is 0.319 e. The Morgan fingerprint density at radius 3 is 3.00 bits per heavy atom. The van der Waals surface area contributed by atoms with E-state index in [0.717, 1.165) is 0 Å². The van der Waals surface area contributed by atoms with Crippen LogP contribution in [0.15, 0.2) is 36.9 Å². The normalized spacial score (nSPS) is 9.21. The van der Waals surface area contributed by atoms with Crippen molar-refractivity contribution in [2.75, 3.05) is 11.9 Å². The number of nitrogens with one attached hydrogen (secondary N) is 2. The van der Waals surface area contributed by atoms with Crippen molar-refractivity contribution < 1.29 is 9.18 Å². The average Bonchev–Trinajstić information content (AvgIpc) is 2.15. The molecule has 0 saturated heterocycles. The maximum absolute atomic E-state index is 12.7.